The molecule has 6 rings (SSSR count). The van der Waals surface area contributed by atoms with Crippen LogP contribution in [0.1, 0.15) is 49.4 Å². The summed E-state index contributed by atoms with van der Waals surface area (Å²) in [6.07, 6.45) is 4.62. The van der Waals surface area contributed by atoms with Crippen LogP contribution < -0.4 is 9.64 Å². The van der Waals surface area contributed by atoms with Gasteiger partial charge in [-0.3, -0.25) is 19.3 Å². The summed E-state index contributed by atoms with van der Waals surface area (Å²) < 4.78 is 30.4. The third kappa shape index (κ3) is 11.8. The predicted octanol–water partition coefficient (Wildman–Crippen LogP) is 5.94. The van der Waals surface area contributed by atoms with E-state index in [-0.39, 0.29) is 30.0 Å². The SMILES string of the molecule is CCCOc1ccc(/C=C/C(=O)N(Cc2ccc(N3CCN(C(C)=O)CC3)cc2)[C@@H](Cc2ccccc2)C(=O)N2CCN(Cc3ccc(S(=O)(=O)CC)cc3)CC2)cc1. The Bertz CT molecular complexity index is 2130. The highest BCUT2D eigenvalue weighted by Gasteiger charge is 2.34. The van der Waals surface area contributed by atoms with Gasteiger partial charge in [0.2, 0.25) is 17.7 Å². The lowest BCUT2D eigenvalue weighted by atomic mass is 10.0. The number of rotatable bonds is 16. The van der Waals surface area contributed by atoms with Gasteiger partial charge in [-0.25, -0.2) is 8.42 Å². The van der Waals surface area contributed by atoms with Crippen molar-refractivity contribution in [2.75, 3.05) is 69.6 Å². The highest BCUT2D eigenvalue weighted by molar-refractivity contribution is 7.91. The zero-order chi connectivity index (χ0) is 41.8. The zero-order valence-electron chi connectivity index (χ0n) is 34.5. The molecule has 0 saturated carbocycles. The molecule has 0 aliphatic carbocycles. The van der Waals surface area contributed by atoms with Crippen molar-refractivity contribution in [3.63, 3.8) is 0 Å². The Morgan fingerprint density at radius 1 is 0.729 bits per heavy atom. The largest absolute Gasteiger partial charge is 0.494 e. The van der Waals surface area contributed by atoms with Crippen LogP contribution in [0.3, 0.4) is 0 Å². The second-order valence-electron chi connectivity index (χ2n) is 15.2. The van der Waals surface area contributed by atoms with Crippen molar-refractivity contribution in [3.8, 4) is 5.75 Å². The molecule has 2 heterocycles. The summed E-state index contributed by atoms with van der Waals surface area (Å²) >= 11 is 0. The van der Waals surface area contributed by atoms with E-state index in [1.165, 1.54) is 0 Å². The quantitative estimate of drug-likeness (QED) is 0.128. The molecule has 2 aliphatic rings. The lowest BCUT2D eigenvalue weighted by molar-refractivity contribution is -0.145. The number of hydrogen-bond donors (Lipinski definition) is 0. The van der Waals surface area contributed by atoms with E-state index in [0.717, 1.165) is 53.2 Å². The maximum Gasteiger partial charge on any atom is 0.247 e. The van der Waals surface area contributed by atoms with Gasteiger partial charge in [-0.2, -0.15) is 0 Å². The first kappa shape index (κ1) is 43.1. The summed E-state index contributed by atoms with van der Waals surface area (Å²) in [6, 6.07) is 31.9. The first-order chi connectivity index (χ1) is 28.5. The number of benzene rings is 4. The van der Waals surface area contributed by atoms with Gasteiger partial charge < -0.3 is 24.3 Å². The van der Waals surface area contributed by atoms with Crippen LogP contribution in [0, 0.1) is 0 Å². The van der Waals surface area contributed by atoms with E-state index >= 15 is 0 Å². The van der Waals surface area contributed by atoms with Gasteiger partial charge in [-0.1, -0.05) is 80.6 Å². The summed E-state index contributed by atoms with van der Waals surface area (Å²) in [5.41, 5.74) is 4.78. The Labute approximate surface area is 349 Å². The third-order valence-electron chi connectivity index (χ3n) is 11.1. The molecule has 0 unspecified atom stereocenters. The molecule has 2 saturated heterocycles. The van der Waals surface area contributed by atoms with E-state index in [9.17, 15) is 22.8 Å². The van der Waals surface area contributed by atoms with Gasteiger partial charge in [0.1, 0.15) is 11.8 Å². The van der Waals surface area contributed by atoms with Gasteiger partial charge in [-0.05, 0) is 71.1 Å². The van der Waals surface area contributed by atoms with E-state index < -0.39 is 15.9 Å². The number of carbonyl (C=O) groups is 3. The Hall–Kier alpha value is -5.46. The lowest BCUT2D eigenvalue weighted by Gasteiger charge is -2.39. The maximum absolute atomic E-state index is 14.8. The van der Waals surface area contributed by atoms with Crippen LogP contribution in [0.2, 0.25) is 0 Å². The molecule has 59 heavy (non-hydrogen) atoms. The highest BCUT2D eigenvalue weighted by Crippen LogP contribution is 2.23. The second-order valence-corrected chi connectivity index (χ2v) is 17.5. The molecular formula is C47H57N5O6S. The van der Waals surface area contributed by atoms with Crippen LogP contribution >= 0.6 is 0 Å². The zero-order valence-corrected chi connectivity index (χ0v) is 35.4. The number of sulfone groups is 1. The van der Waals surface area contributed by atoms with Crippen molar-refractivity contribution in [2.45, 2.75) is 57.6 Å². The summed E-state index contributed by atoms with van der Waals surface area (Å²) in [5, 5.41) is 0. The van der Waals surface area contributed by atoms with Gasteiger partial charge in [0.15, 0.2) is 9.84 Å². The fourth-order valence-electron chi connectivity index (χ4n) is 7.52. The van der Waals surface area contributed by atoms with Crippen molar-refractivity contribution in [3.05, 3.63) is 131 Å². The first-order valence-corrected chi connectivity index (χ1v) is 22.4. The van der Waals surface area contributed by atoms with Crippen LogP contribution in [0.4, 0.5) is 5.69 Å². The van der Waals surface area contributed by atoms with Gasteiger partial charge in [0.05, 0.1) is 17.3 Å². The Morgan fingerprint density at radius 2 is 1.36 bits per heavy atom. The molecule has 12 heteroatoms. The van der Waals surface area contributed by atoms with Gasteiger partial charge in [0, 0.05) is 90.6 Å². The molecule has 2 fully saturated rings. The molecule has 3 amide bonds. The van der Waals surface area contributed by atoms with Crippen LogP contribution in [0.25, 0.3) is 6.08 Å². The van der Waals surface area contributed by atoms with E-state index in [1.54, 1.807) is 43.0 Å². The molecule has 4 aromatic carbocycles. The van der Waals surface area contributed by atoms with Gasteiger partial charge in [-0.15, -0.1) is 0 Å². The lowest BCUT2D eigenvalue weighted by Crippen LogP contribution is -2.56. The molecule has 4 aromatic rings. The Balaban J connectivity index is 1.22. The number of nitrogens with zero attached hydrogens (tertiary/aromatic N) is 5. The van der Waals surface area contributed by atoms with E-state index in [4.69, 9.17) is 4.74 Å². The molecule has 0 bridgehead atoms. The number of carbonyl (C=O) groups excluding carboxylic acids is 3. The molecule has 0 spiro atoms. The topological polar surface area (TPSA) is 111 Å². The van der Waals surface area contributed by atoms with Crippen LogP contribution in [0.5, 0.6) is 5.75 Å². The summed E-state index contributed by atoms with van der Waals surface area (Å²) in [7, 11) is -3.27. The van der Waals surface area contributed by atoms with E-state index in [2.05, 4.69) is 28.9 Å². The van der Waals surface area contributed by atoms with Crippen molar-refractivity contribution < 1.29 is 27.5 Å². The second kappa shape index (κ2) is 20.5. The number of ether oxygens (including phenoxy) is 1. The first-order valence-electron chi connectivity index (χ1n) is 20.7. The number of anilines is 1. The van der Waals surface area contributed by atoms with Crippen LogP contribution in [-0.2, 0) is 43.7 Å². The van der Waals surface area contributed by atoms with E-state index in [1.807, 2.05) is 88.7 Å². The molecule has 0 N–H and O–H groups in total. The maximum atomic E-state index is 14.8. The minimum atomic E-state index is -3.27. The Kier molecular flexibility index (Phi) is 15.0. The summed E-state index contributed by atoms with van der Waals surface area (Å²) in [6.45, 7) is 12.0. The smallest absolute Gasteiger partial charge is 0.247 e. The molecule has 312 valence electrons. The fraction of sp³-hybridized carbons (Fsp3) is 0.383. The minimum Gasteiger partial charge on any atom is -0.494 e. The molecule has 0 aromatic heterocycles. The summed E-state index contributed by atoms with van der Waals surface area (Å²) in [4.78, 5) is 51.4. The van der Waals surface area contributed by atoms with E-state index in [0.29, 0.717) is 63.7 Å². The molecule has 11 nitrogen and oxygen atoms in total. The normalized spacial score (nSPS) is 15.6. The number of amides is 3. The highest BCUT2D eigenvalue weighted by atomic mass is 32.2. The monoisotopic (exact) mass is 819 g/mol. The van der Waals surface area contributed by atoms with Crippen molar-refractivity contribution in [2.24, 2.45) is 0 Å². The standard InChI is InChI=1S/C47H57N5O6S/c1-4-33-58-43-20-13-38(14-21-43)17-24-46(54)52(36-41-11-18-42(19-12-41)50-31-29-49(30-32-50)37(3)53)45(34-39-9-7-6-8-10-39)47(55)51-27-25-48(26-28-51)35-40-15-22-44(23-16-40)59(56,57)5-2/h6-24,45H,4-5,25-36H2,1-3H3/b24-17+/t45-/m0/s1. The summed E-state index contributed by atoms with van der Waals surface area (Å²) in [5.74, 6) is 0.565. The van der Waals surface area contributed by atoms with Crippen molar-refractivity contribution in [1.29, 1.82) is 0 Å². The average molecular weight is 820 g/mol. The third-order valence-corrected chi connectivity index (χ3v) is 12.9. The van der Waals surface area contributed by atoms with Gasteiger partial charge >= 0.3 is 0 Å². The van der Waals surface area contributed by atoms with Crippen molar-refractivity contribution >= 4 is 39.3 Å². The molecule has 0 radical (unpaired) electrons. The van der Waals surface area contributed by atoms with Crippen molar-refractivity contribution in [1.82, 2.24) is 19.6 Å². The predicted molar refractivity (Wildman–Crippen MR) is 233 cm³/mol. The Morgan fingerprint density at radius 3 is 1.97 bits per heavy atom. The number of piperazine rings is 2. The van der Waals surface area contributed by atoms with Gasteiger partial charge in [0.25, 0.3) is 0 Å². The number of hydrogen-bond acceptors (Lipinski definition) is 8. The molecule has 2 aliphatic heterocycles. The minimum absolute atomic E-state index is 0.0594. The van der Waals surface area contributed by atoms with Crippen LogP contribution in [-0.4, -0.2) is 116 Å². The molecular weight excluding hydrogens is 763 g/mol. The van der Waals surface area contributed by atoms with Crippen LogP contribution in [0.15, 0.2) is 114 Å². The molecule has 1 atom stereocenters. The fourth-order valence-corrected chi connectivity index (χ4v) is 8.40. The average Bonchev–Trinajstić information content (AvgIpc) is 3.27.